The Morgan fingerprint density at radius 3 is 3.00 bits per heavy atom. The van der Waals surface area contributed by atoms with Crippen LogP contribution in [0.25, 0.3) is 0 Å². The smallest absolute Gasteiger partial charge is 0.146 e. The molecule has 1 aromatic rings. The lowest BCUT2D eigenvalue weighted by Gasteiger charge is -2.03. The van der Waals surface area contributed by atoms with Gasteiger partial charge in [0.2, 0.25) is 0 Å². The van der Waals surface area contributed by atoms with E-state index in [1.165, 1.54) is 6.26 Å². The summed E-state index contributed by atoms with van der Waals surface area (Å²) in [5, 5.41) is 9.40. The van der Waals surface area contributed by atoms with Gasteiger partial charge in [-0.15, -0.1) is 6.58 Å². The number of hydrogen-bond donors (Lipinski definition) is 1. The monoisotopic (exact) mass is 216 g/mol. The first-order valence-electron chi connectivity index (χ1n) is 3.27. The Morgan fingerprint density at radius 1 is 1.82 bits per heavy atom. The summed E-state index contributed by atoms with van der Waals surface area (Å²) in [5.74, 6) is 0.560. The molecule has 60 valence electrons. The normalized spacial score (nSPS) is 12.9. The number of hydrogen-bond acceptors (Lipinski definition) is 2. The summed E-state index contributed by atoms with van der Waals surface area (Å²) in [6.07, 6.45) is 3.11. The predicted octanol–water partition coefficient (Wildman–Crippen LogP) is 2.65. The van der Waals surface area contributed by atoms with Gasteiger partial charge >= 0.3 is 0 Å². The Kier molecular flexibility index (Phi) is 2.91. The Morgan fingerprint density at radius 2 is 2.55 bits per heavy atom. The van der Waals surface area contributed by atoms with Crippen molar-refractivity contribution in [3.05, 3.63) is 35.2 Å². The number of halogens is 1. The van der Waals surface area contributed by atoms with Crippen LogP contribution in [0.5, 0.6) is 0 Å². The molecule has 0 radical (unpaired) electrons. The van der Waals surface area contributed by atoms with Gasteiger partial charge < -0.3 is 9.52 Å². The van der Waals surface area contributed by atoms with E-state index in [2.05, 4.69) is 22.5 Å². The second kappa shape index (κ2) is 3.74. The maximum Gasteiger partial charge on any atom is 0.146 e. The Bertz CT molecular complexity index is 242. The minimum atomic E-state index is -0.586. The van der Waals surface area contributed by atoms with E-state index in [4.69, 9.17) is 4.42 Å². The van der Waals surface area contributed by atoms with Crippen molar-refractivity contribution in [1.82, 2.24) is 0 Å². The molecule has 0 saturated heterocycles. The molecule has 1 atom stereocenters. The molecule has 3 heteroatoms. The summed E-state index contributed by atoms with van der Waals surface area (Å²) in [6, 6.07) is 1.75. The van der Waals surface area contributed by atoms with Crippen LogP contribution < -0.4 is 0 Å². The van der Waals surface area contributed by atoms with Gasteiger partial charge in [-0.1, -0.05) is 6.08 Å². The molecule has 2 nitrogen and oxygen atoms in total. The molecule has 0 aliphatic rings. The second-order valence-corrected chi connectivity index (χ2v) is 3.03. The Hall–Kier alpha value is -0.540. The largest absolute Gasteiger partial charge is 0.465 e. The third kappa shape index (κ3) is 1.94. The summed E-state index contributed by atoms with van der Waals surface area (Å²) in [5.41, 5.74) is 0. The fourth-order valence-electron chi connectivity index (χ4n) is 0.808. The van der Waals surface area contributed by atoms with Gasteiger partial charge in [0.25, 0.3) is 0 Å². The molecule has 1 unspecified atom stereocenters. The molecule has 0 amide bonds. The van der Waals surface area contributed by atoms with Crippen LogP contribution in [0.15, 0.2) is 33.9 Å². The summed E-state index contributed by atoms with van der Waals surface area (Å²) in [7, 11) is 0. The van der Waals surface area contributed by atoms with Crippen LogP contribution >= 0.6 is 15.9 Å². The van der Waals surface area contributed by atoms with Crippen molar-refractivity contribution in [3.63, 3.8) is 0 Å². The molecular weight excluding hydrogens is 208 g/mol. The van der Waals surface area contributed by atoms with E-state index < -0.39 is 6.10 Å². The molecule has 1 aromatic heterocycles. The molecule has 0 aromatic carbocycles. The molecule has 0 fully saturated rings. The van der Waals surface area contributed by atoms with Gasteiger partial charge in [0.05, 0.1) is 10.7 Å². The van der Waals surface area contributed by atoms with E-state index in [0.717, 1.165) is 4.47 Å². The molecule has 0 aliphatic heterocycles. The maximum atomic E-state index is 9.40. The number of furan rings is 1. The summed E-state index contributed by atoms with van der Waals surface area (Å²) >= 11 is 3.25. The zero-order chi connectivity index (χ0) is 8.27. The van der Waals surface area contributed by atoms with Crippen LogP contribution in [0.2, 0.25) is 0 Å². The highest BCUT2D eigenvalue weighted by molar-refractivity contribution is 9.10. The van der Waals surface area contributed by atoms with E-state index in [1.807, 2.05) is 0 Å². The molecule has 1 N–H and O–H groups in total. The number of aliphatic hydroxyl groups excluding tert-OH is 1. The minimum absolute atomic E-state index is 0.506. The zero-order valence-corrected chi connectivity index (χ0v) is 7.54. The lowest BCUT2D eigenvalue weighted by molar-refractivity contribution is 0.152. The lowest BCUT2D eigenvalue weighted by Crippen LogP contribution is -1.93. The molecule has 0 saturated carbocycles. The Labute approximate surface area is 73.7 Å². The van der Waals surface area contributed by atoms with Gasteiger partial charge in [-0.25, -0.2) is 0 Å². The van der Waals surface area contributed by atoms with Crippen molar-refractivity contribution >= 4 is 15.9 Å². The van der Waals surface area contributed by atoms with Gasteiger partial charge in [0.15, 0.2) is 0 Å². The van der Waals surface area contributed by atoms with Crippen LogP contribution in [0, 0.1) is 0 Å². The van der Waals surface area contributed by atoms with Crippen LogP contribution in [-0.2, 0) is 0 Å². The summed E-state index contributed by atoms with van der Waals surface area (Å²) in [6.45, 7) is 3.52. The third-order valence-corrected chi connectivity index (χ3v) is 1.99. The zero-order valence-electron chi connectivity index (χ0n) is 5.96. The average Bonchev–Trinajstić information content (AvgIpc) is 2.36. The van der Waals surface area contributed by atoms with E-state index in [0.29, 0.717) is 12.2 Å². The molecule has 1 heterocycles. The molecule has 0 spiro atoms. The van der Waals surface area contributed by atoms with Crippen LogP contribution in [-0.4, -0.2) is 5.11 Å². The van der Waals surface area contributed by atoms with E-state index >= 15 is 0 Å². The van der Waals surface area contributed by atoms with Crippen LogP contribution in [0.4, 0.5) is 0 Å². The molecule has 0 bridgehead atoms. The van der Waals surface area contributed by atoms with Gasteiger partial charge in [0.1, 0.15) is 11.9 Å². The highest BCUT2D eigenvalue weighted by atomic mass is 79.9. The van der Waals surface area contributed by atoms with E-state index in [9.17, 15) is 5.11 Å². The van der Waals surface area contributed by atoms with Crippen molar-refractivity contribution in [2.45, 2.75) is 12.5 Å². The topological polar surface area (TPSA) is 33.4 Å². The molecule has 11 heavy (non-hydrogen) atoms. The SMILES string of the molecule is C=CCC(O)c1occc1Br. The first-order valence-corrected chi connectivity index (χ1v) is 4.07. The van der Waals surface area contributed by atoms with Gasteiger partial charge in [-0.3, -0.25) is 0 Å². The van der Waals surface area contributed by atoms with Crippen molar-refractivity contribution in [2.75, 3.05) is 0 Å². The maximum absolute atomic E-state index is 9.40. The standard InChI is InChI=1S/C8H9BrO2/c1-2-3-7(10)8-6(9)4-5-11-8/h2,4-5,7,10H,1,3H2. The summed E-state index contributed by atoms with van der Waals surface area (Å²) in [4.78, 5) is 0. The van der Waals surface area contributed by atoms with E-state index in [1.54, 1.807) is 12.1 Å². The quantitative estimate of drug-likeness (QED) is 0.789. The van der Waals surface area contributed by atoms with Gasteiger partial charge in [-0.2, -0.15) is 0 Å². The molecule has 1 rings (SSSR count). The van der Waals surface area contributed by atoms with Crippen molar-refractivity contribution in [3.8, 4) is 0 Å². The fraction of sp³-hybridized carbons (Fsp3) is 0.250. The second-order valence-electron chi connectivity index (χ2n) is 2.17. The van der Waals surface area contributed by atoms with Gasteiger partial charge in [-0.05, 0) is 28.4 Å². The average molecular weight is 217 g/mol. The van der Waals surface area contributed by atoms with Crippen molar-refractivity contribution in [1.29, 1.82) is 0 Å². The highest BCUT2D eigenvalue weighted by Gasteiger charge is 2.12. The third-order valence-electron chi connectivity index (χ3n) is 1.34. The number of rotatable bonds is 3. The fourth-order valence-corrected chi connectivity index (χ4v) is 1.27. The first kappa shape index (κ1) is 8.56. The van der Waals surface area contributed by atoms with Crippen molar-refractivity contribution in [2.24, 2.45) is 0 Å². The van der Waals surface area contributed by atoms with Crippen LogP contribution in [0.1, 0.15) is 18.3 Å². The summed E-state index contributed by atoms with van der Waals surface area (Å²) < 4.78 is 5.83. The lowest BCUT2D eigenvalue weighted by atomic mass is 10.2. The Balaban J connectivity index is 2.74. The van der Waals surface area contributed by atoms with Crippen molar-refractivity contribution < 1.29 is 9.52 Å². The minimum Gasteiger partial charge on any atom is -0.465 e. The van der Waals surface area contributed by atoms with Gasteiger partial charge in [0, 0.05) is 0 Å². The highest BCUT2D eigenvalue weighted by Crippen LogP contribution is 2.26. The predicted molar refractivity (Wildman–Crippen MR) is 46.2 cm³/mol. The molecule has 0 aliphatic carbocycles. The number of aliphatic hydroxyl groups is 1. The first-order chi connectivity index (χ1) is 5.25. The molecular formula is C8H9BrO2. The van der Waals surface area contributed by atoms with Crippen LogP contribution in [0.3, 0.4) is 0 Å². The van der Waals surface area contributed by atoms with E-state index in [-0.39, 0.29) is 0 Å².